The molecule has 6 aromatic carbocycles. The Hall–Kier alpha value is -8.18. The molecule has 1 aliphatic rings. The molecule has 496 valence electrons. The van der Waals surface area contributed by atoms with Gasteiger partial charge in [-0.3, -0.25) is 28.7 Å². The minimum atomic E-state index is -0.866. The van der Waals surface area contributed by atoms with Crippen molar-refractivity contribution < 1.29 is 37.0 Å². The maximum atomic E-state index is 10.9. The first kappa shape index (κ1) is 77.5. The number of aliphatic hydroxyl groups excluding tert-OH is 1. The van der Waals surface area contributed by atoms with Crippen molar-refractivity contribution in [2.75, 3.05) is 38.8 Å². The molecule has 0 spiro atoms. The number of likely N-dealkylation sites (N-methyl/N-ethyl adjacent to an activating group) is 1. The number of nitrogens with one attached hydrogen (secondary N) is 1. The van der Waals surface area contributed by atoms with Gasteiger partial charge in [0, 0.05) is 122 Å². The third-order valence-electron chi connectivity index (χ3n) is 14.8. The van der Waals surface area contributed by atoms with E-state index >= 15 is 0 Å². The first-order chi connectivity index (χ1) is 43.8. The second-order valence-corrected chi connectivity index (χ2v) is 23.0. The van der Waals surface area contributed by atoms with E-state index in [1.165, 1.54) is 37.4 Å². The van der Waals surface area contributed by atoms with Crippen LogP contribution in [0.3, 0.4) is 0 Å². The van der Waals surface area contributed by atoms with E-state index in [4.69, 9.17) is 85.6 Å². The Morgan fingerprint density at radius 3 is 1.20 bits per heavy atom. The molecule has 27 heteroatoms. The number of benzene rings is 6. The molecule has 0 saturated heterocycles. The number of carboxylic acid groups (broad SMARTS) is 1. The number of hydrogen-bond donors (Lipinski definition) is 5. The summed E-state index contributed by atoms with van der Waals surface area (Å²) in [7, 11) is 4.91. The largest absolute Gasteiger partial charge is 0.478 e. The number of aromatic nitrogens is 9. The second kappa shape index (κ2) is 35.0. The van der Waals surface area contributed by atoms with Gasteiger partial charge < -0.3 is 27.4 Å². The van der Waals surface area contributed by atoms with Crippen LogP contribution in [0.2, 0.25) is 30.5 Å². The zero-order chi connectivity index (χ0) is 65.2. The summed E-state index contributed by atoms with van der Waals surface area (Å²) in [5.74, 6) is -0.866. The number of halogens is 7. The maximum absolute atomic E-state index is 10.9. The Morgan fingerprint density at radius 2 is 0.905 bits per heavy atom. The first-order valence-electron chi connectivity index (χ1n) is 28.1. The molecule has 0 unspecified atom stereocenters. The van der Waals surface area contributed by atoms with Crippen LogP contribution >= 0.6 is 82.0 Å². The number of rotatable bonds is 12. The van der Waals surface area contributed by atoms with Crippen molar-refractivity contribution >= 4 is 138 Å². The minimum absolute atomic E-state index is 0. The van der Waals surface area contributed by atoms with E-state index in [1.54, 1.807) is 47.6 Å². The number of aryl methyl sites for hydroxylation is 3. The molecular weight excluding hydrogens is 1400 g/mol. The average Bonchev–Trinajstić information content (AvgIpc) is 1.62. The number of fused-ring (bicyclic) bond motifs is 3. The Morgan fingerprint density at radius 1 is 0.589 bits per heavy atom. The molecule has 0 bridgehead atoms. The van der Waals surface area contributed by atoms with E-state index in [0.29, 0.717) is 53.6 Å². The number of nitrogen functional groups attached to an aromatic ring is 1. The quantitative estimate of drug-likeness (QED) is 0.0250. The number of non-ortho nitro benzene ring substituents is 1. The van der Waals surface area contributed by atoms with E-state index < -0.39 is 10.9 Å². The minimum Gasteiger partial charge on any atom is -0.478 e. The third kappa shape index (κ3) is 17.7. The zero-order valence-corrected chi connectivity index (χ0v) is 57.8. The molecule has 6 aromatic heterocycles. The fraction of sp³-hybridized carbons (Fsp3) is 0.162. The molecule has 0 atom stereocenters. The predicted octanol–water partition coefficient (Wildman–Crippen LogP) is 18.2. The van der Waals surface area contributed by atoms with Gasteiger partial charge in [0.05, 0.1) is 38.2 Å². The summed E-state index contributed by atoms with van der Waals surface area (Å²) < 4.78 is 5.63. The second-order valence-electron chi connectivity index (χ2n) is 20.6. The monoisotopic (exact) mass is 1460 g/mol. The van der Waals surface area contributed by atoms with E-state index in [-0.39, 0.29) is 48.7 Å². The molecule has 1 saturated carbocycles. The summed E-state index contributed by atoms with van der Waals surface area (Å²) in [6.45, 7) is 6.55. The van der Waals surface area contributed by atoms with Gasteiger partial charge in [0.1, 0.15) is 51.4 Å². The summed E-state index contributed by atoms with van der Waals surface area (Å²) in [4.78, 5) is 49.1. The van der Waals surface area contributed by atoms with Crippen LogP contribution in [-0.2, 0) is 21.9 Å². The van der Waals surface area contributed by atoms with Crippen molar-refractivity contribution in [3.63, 3.8) is 0 Å². The molecule has 0 aliphatic heterocycles. The molecule has 12 aromatic rings. The van der Waals surface area contributed by atoms with Gasteiger partial charge in [0.2, 0.25) is 0 Å². The van der Waals surface area contributed by atoms with Crippen LogP contribution in [0.25, 0.3) is 83.5 Å². The summed E-state index contributed by atoms with van der Waals surface area (Å²) in [5, 5.41) is 35.6. The summed E-state index contributed by atoms with van der Waals surface area (Å²) >= 11 is 38.5. The van der Waals surface area contributed by atoms with Crippen LogP contribution in [0.4, 0.5) is 17.1 Å². The first-order valence-corrected chi connectivity index (χ1v) is 30.4. The SMILES string of the molecule is C.CN(C/C=C/C(=O)O)C1CC1.CNc1ccc(-n2c(Cl)c(-c3ccc(Cl)cc3)c3c(C)ncnc32)cc1.CO.Cc1ncnc2c1c(-c1ccc(Cl)cc1)c(Cl)n2-c1ccc(N)cc1.Cc1ncnc2c1c(-c1ccc(Cl)cc1)c(Cl)n2-c1ccc([N+](=O)[O-])cc1.Cl.N.[Fe]. The van der Waals surface area contributed by atoms with Gasteiger partial charge in [-0.2, -0.15) is 0 Å². The normalized spacial score (nSPS) is 11.3. The molecule has 0 radical (unpaired) electrons. The van der Waals surface area contributed by atoms with Gasteiger partial charge in [-0.25, -0.2) is 34.7 Å². The summed E-state index contributed by atoms with van der Waals surface area (Å²) in [6.07, 6.45) is 9.99. The molecule has 6 heterocycles. The van der Waals surface area contributed by atoms with Gasteiger partial charge in [-0.1, -0.05) is 120 Å². The molecule has 8 N–H and O–H groups in total. The van der Waals surface area contributed by atoms with Gasteiger partial charge in [0.15, 0.2) is 0 Å². The number of hydrogen-bond acceptors (Lipinski definition) is 14. The Kier molecular flexibility index (Phi) is 28.6. The molecule has 95 heavy (non-hydrogen) atoms. The van der Waals surface area contributed by atoms with E-state index in [1.807, 2.05) is 153 Å². The van der Waals surface area contributed by atoms with Crippen LogP contribution in [0.5, 0.6) is 0 Å². The Bertz CT molecular complexity index is 4590. The molecule has 1 fully saturated rings. The zero-order valence-electron chi connectivity index (χ0n) is 51.3. The fourth-order valence-electron chi connectivity index (χ4n) is 10.1. The maximum Gasteiger partial charge on any atom is 0.328 e. The van der Waals surface area contributed by atoms with Crippen LogP contribution in [-0.4, -0.2) is 103 Å². The smallest absolute Gasteiger partial charge is 0.328 e. The Balaban J connectivity index is 0.000000232. The Labute approximate surface area is 596 Å². The molecule has 19 nitrogen and oxygen atoms in total. The van der Waals surface area contributed by atoms with Crippen LogP contribution in [0, 0.1) is 30.9 Å². The van der Waals surface area contributed by atoms with E-state index in [0.717, 1.165) is 109 Å². The van der Waals surface area contributed by atoms with Crippen molar-refractivity contribution in [2.24, 2.45) is 0 Å². The van der Waals surface area contributed by atoms with Crippen molar-refractivity contribution in [2.45, 2.75) is 47.1 Å². The predicted molar refractivity (Wildman–Crippen MR) is 387 cm³/mol. The number of nitrogens with zero attached hydrogens (tertiary/aromatic N) is 11. The van der Waals surface area contributed by atoms with E-state index in [9.17, 15) is 14.9 Å². The average molecular weight is 1460 g/mol. The van der Waals surface area contributed by atoms with Crippen molar-refractivity contribution in [3.05, 3.63) is 234 Å². The third-order valence-corrected chi connectivity index (χ3v) is 16.6. The van der Waals surface area contributed by atoms with Crippen LogP contribution < -0.4 is 17.2 Å². The van der Waals surface area contributed by atoms with Crippen molar-refractivity contribution in [3.8, 4) is 50.4 Å². The summed E-state index contributed by atoms with van der Waals surface area (Å²) in [5.41, 5.74) is 20.2. The summed E-state index contributed by atoms with van der Waals surface area (Å²) in [6, 6.07) is 45.0. The molecule has 1 aliphatic carbocycles. The number of aliphatic hydroxyl groups is 1. The number of nitro benzene ring substituents is 1. The topological polar surface area (TPSA) is 269 Å². The number of carbonyl (C=O) groups is 1. The number of carboxylic acids is 1. The number of nitrogens with two attached hydrogens (primary N) is 1. The number of anilines is 2. The van der Waals surface area contributed by atoms with Crippen LogP contribution in [0.1, 0.15) is 37.4 Å². The van der Waals surface area contributed by atoms with Gasteiger partial charge in [0.25, 0.3) is 5.69 Å². The number of nitro groups is 1. The van der Waals surface area contributed by atoms with Crippen LogP contribution in [0.15, 0.2) is 177 Å². The fourth-order valence-corrected chi connectivity index (χ4v) is 11.7. The van der Waals surface area contributed by atoms with Crippen molar-refractivity contribution in [1.82, 2.24) is 54.7 Å². The van der Waals surface area contributed by atoms with Gasteiger partial charge in [-0.05, 0) is 154 Å². The van der Waals surface area contributed by atoms with Gasteiger partial charge in [-0.15, -0.1) is 12.4 Å². The standard InChI is InChI=1S/C20H16Cl2N4.C19H12Cl2N4O2.C19H14Cl2N4.C8H13NO2.CH4O.CH4.ClH.Fe.H3N/c1-12-17-18(13-3-5-14(21)6-4-13)19(22)26(20(17)25-11-24-12)16-9-7-15(23-2)8-10-16;1-11-16-17(12-2-4-13(20)5-3-12)18(21)24(19(16)23-10-22-11)14-6-8-15(9-7-14)25(26)27;1-11-16-17(12-2-4-13(20)5-3-12)18(21)25(19(16)24-10-23-11)15-8-6-14(22)7-9-15;1-9(7-4-5-7)6-2-3-8(10)11;1-2;;;;/h3-11,23H,1-2H3;2-10H,1H3;2-10H,22H2,1H3;2-3,7H,4-6H2,1H3,(H,10,11);2H,1H3;1H4;1H;;1H3/b;;;3-2+;;;;;. The molecule has 0 amide bonds. The molecular formula is C68H67Cl7FeN14O5. The van der Waals surface area contributed by atoms with E-state index in [2.05, 4.69) is 40.1 Å². The van der Waals surface area contributed by atoms with Crippen molar-refractivity contribution in [1.29, 1.82) is 0 Å². The number of aliphatic carboxylic acids is 1. The molecule has 13 rings (SSSR count). The van der Waals surface area contributed by atoms with Gasteiger partial charge >= 0.3 is 5.97 Å².